The summed E-state index contributed by atoms with van der Waals surface area (Å²) in [7, 11) is 0. The van der Waals surface area contributed by atoms with Gasteiger partial charge in [-0.3, -0.25) is 0 Å². The van der Waals surface area contributed by atoms with Crippen LogP contribution in [0.4, 0.5) is 0 Å². The number of hydrogen-bond acceptors (Lipinski definition) is 2. The Kier molecular flexibility index (Phi) is 10.3. The first-order valence-electron chi connectivity index (χ1n) is 8.01. The van der Waals surface area contributed by atoms with Crippen molar-refractivity contribution in [3.8, 4) is 0 Å². The van der Waals surface area contributed by atoms with Crippen LogP contribution in [0.3, 0.4) is 0 Å². The molecule has 1 rings (SSSR count). The lowest BCUT2D eigenvalue weighted by atomic mass is 10.1. The molecule has 5 heteroatoms. The average Bonchev–Trinajstić information content (AvgIpc) is 2.43. The smallest absolute Gasteiger partial charge is 0.452 e. The predicted octanol–water partition coefficient (Wildman–Crippen LogP) is -1.26. The number of amidine groups is 1. The number of carbonyl (C=O) groups is 1. The number of halogens is 1. The third kappa shape index (κ3) is 8.03. The van der Waals surface area contributed by atoms with E-state index in [1.807, 2.05) is 45.9 Å². The summed E-state index contributed by atoms with van der Waals surface area (Å²) in [5.74, 6) is -0.0128. The van der Waals surface area contributed by atoms with Crippen LogP contribution in [0.2, 0.25) is 0 Å². The van der Waals surface area contributed by atoms with Crippen LogP contribution >= 0.6 is 0 Å². The summed E-state index contributed by atoms with van der Waals surface area (Å²) in [6.07, 6.45) is 1.88. The van der Waals surface area contributed by atoms with Gasteiger partial charge >= 0.3 is 11.9 Å². The first-order valence-corrected chi connectivity index (χ1v) is 8.01. The zero-order valence-corrected chi connectivity index (χ0v) is 15.6. The van der Waals surface area contributed by atoms with E-state index in [0.29, 0.717) is 12.6 Å². The largest absolute Gasteiger partial charge is 1.00 e. The van der Waals surface area contributed by atoms with Gasteiger partial charge in [0.05, 0.1) is 12.6 Å². The van der Waals surface area contributed by atoms with Crippen LogP contribution in [0, 0.1) is 0 Å². The third-order valence-corrected chi connectivity index (χ3v) is 3.18. The van der Waals surface area contributed by atoms with Gasteiger partial charge in [0, 0.05) is 6.92 Å². The standard InChI is InChI=1S/C18H28N2O2.ClH/c1-14(2)19-18(20(15(3)4)16(5)21)22-13-9-12-17-10-7-6-8-11-17;/h6-8,10-11,14-15H,9,12-13H2,1-5H3;1H. The highest BCUT2D eigenvalue weighted by molar-refractivity contribution is 5.90. The third-order valence-electron chi connectivity index (χ3n) is 3.18. The predicted molar refractivity (Wildman–Crippen MR) is 89.5 cm³/mol. The Labute approximate surface area is 146 Å². The summed E-state index contributed by atoms with van der Waals surface area (Å²) in [4.78, 5) is 16.8. The van der Waals surface area contributed by atoms with E-state index in [1.165, 1.54) is 5.56 Å². The van der Waals surface area contributed by atoms with Crippen LogP contribution in [0.25, 0.3) is 0 Å². The first-order chi connectivity index (χ1) is 10.4. The van der Waals surface area contributed by atoms with Gasteiger partial charge in [-0.2, -0.15) is 4.90 Å². The van der Waals surface area contributed by atoms with E-state index in [4.69, 9.17) is 4.74 Å². The molecule has 0 bridgehead atoms. The van der Waals surface area contributed by atoms with Crippen molar-refractivity contribution in [2.45, 2.75) is 59.5 Å². The first kappa shape index (κ1) is 21.4. The Morgan fingerprint density at radius 2 is 1.78 bits per heavy atom. The van der Waals surface area contributed by atoms with Gasteiger partial charge in [0.2, 0.25) is 0 Å². The molecule has 0 spiro atoms. The Morgan fingerprint density at radius 3 is 2.26 bits per heavy atom. The number of nitrogens with one attached hydrogen (secondary N) is 1. The number of rotatable bonds is 6. The molecular formula is C18H29ClN2O2. The SMILES string of the molecule is CC(=O)N(C(=[NH+]C(C)C)OCCCc1ccccc1)C(C)C.[Cl-]. The lowest BCUT2D eigenvalue weighted by Gasteiger charge is -2.19. The molecular weight excluding hydrogens is 312 g/mol. The van der Waals surface area contributed by atoms with E-state index in [9.17, 15) is 4.79 Å². The number of carbonyl (C=O) groups excluding carboxylic acids is 1. The van der Waals surface area contributed by atoms with Gasteiger partial charge in [-0.25, -0.2) is 9.79 Å². The highest BCUT2D eigenvalue weighted by Gasteiger charge is 2.29. The van der Waals surface area contributed by atoms with Crippen LogP contribution in [0.15, 0.2) is 30.3 Å². The molecule has 0 saturated carbocycles. The number of aryl methyl sites for hydroxylation is 1. The Balaban J connectivity index is 0.00000484. The summed E-state index contributed by atoms with van der Waals surface area (Å²) in [5.41, 5.74) is 1.30. The molecule has 0 saturated heterocycles. The van der Waals surface area contributed by atoms with Gasteiger partial charge in [-0.05, 0) is 46.1 Å². The van der Waals surface area contributed by atoms with Crippen molar-refractivity contribution in [2.24, 2.45) is 0 Å². The molecule has 0 aliphatic heterocycles. The second-order valence-electron chi connectivity index (χ2n) is 6.02. The number of ether oxygens (including phenoxy) is 1. The molecule has 0 fully saturated rings. The lowest BCUT2D eigenvalue weighted by molar-refractivity contribution is -0.508. The fourth-order valence-corrected chi connectivity index (χ4v) is 2.26. The van der Waals surface area contributed by atoms with Crippen molar-refractivity contribution in [1.82, 2.24) is 4.90 Å². The molecule has 0 unspecified atom stereocenters. The molecule has 0 radical (unpaired) electrons. The molecule has 1 aromatic rings. The summed E-state index contributed by atoms with van der Waals surface area (Å²) in [5, 5.41) is 0. The van der Waals surface area contributed by atoms with Crippen molar-refractivity contribution in [2.75, 3.05) is 6.61 Å². The van der Waals surface area contributed by atoms with E-state index in [2.05, 4.69) is 17.1 Å². The summed E-state index contributed by atoms with van der Waals surface area (Å²) >= 11 is 0. The van der Waals surface area contributed by atoms with Gasteiger partial charge < -0.3 is 17.1 Å². The van der Waals surface area contributed by atoms with Gasteiger partial charge in [0.15, 0.2) is 0 Å². The van der Waals surface area contributed by atoms with Crippen molar-refractivity contribution in [1.29, 1.82) is 0 Å². The van der Waals surface area contributed by atoms with E-state index in [-0.39, 0.29) is 30.4 Å². The van der Waals surface area contributed by atoms with Gasteiger partial charge in [-0.1, -0.05) is 30.3 Å². The molecule has 0 aliphatic rings. The van der Waals surface area contributed by atoms with Gasteiger partial charge in [-0.15, -0.1) is 0 Å². The van der Waals surface area contributed by atoms with Crippen molar-refractivity contribution in [3.63, 3.8) is 0 Å². The van der Waals surface area contributed by atoms with Crippen LogP contribution < -0.4 is 17.4 Å². The molecule has 23 heavy (non-hydrogen) atoms. The van der Waals surface area contributed by atoms with Crippen molar-refractivity contribution in [3.05, 3.63) is 35.9 Å². The number of benzene rings is 1. The van der Waals surface area contributed by atoms with Crippen LogP contribution in [0.1, 0.15) is 46.6 Å². The molecule has 130 valence electrons. The number of amides is 1. The second-order valence-corrected chi connectivity index (χ2v) is 6.02. The zero-order chi connectivity index (χ0) is 16.5. The van der Waals surface area contributed by atoms with E-state index < -0.39 is 0 Å². The van der Waals surface area contributed by atoms with Crippen LogP contribution in [0.5, 0.6) is 0 Å². The maximum absolute atomic E-state index is 11.8. The molecule has 4 nitrogen and oxygen atoms in total. The van der Waals surface area contributed by atoms with Gasteiger partial charge in [0.1, 0.15) is 6.04 Å². The molecule has 1 amide bonds. The molecule has 1 aromatic carbocycles. The molecule has 0 atom stereocenters. The highest BCUT2D eigenvalue weighted by atomic mass is 35.5. The Bertz CT molecular complexity index is 487. The second kappa shape index (κ2) is 11.1. The van der Waals surface area contributed by atoms with E-state index in [0.717, 1.165) is 12.8 Å². The highest BCUT2D eigenvalue weighted by Crippen LogP contribution is 2.04. The average molecular weight is 341 g/mol. The minimum Gasteiger partial charge on any atom is -1.00 e. The van der Waals surface area contributed by atoms with Gasteiger partial charge in [0.25, 0.3) is 0 Å². The number of nitrogens with zero attached hydrogens (tertiary/aromatic N) is 1. The number of hydrogen-bond donors (Lipinski definition) is 1. The van der Waals surface area contributed by atoms with E-state index in [1.54, 1.807) is 11.8 Å². The quantitative estimate of drug-likeness (QED) is 0.399. The van der Waals surface area contributed by atoms with E-state index >= 15 is 0 Å². The Hall–Kier alpha value is -1.55. The lowest BCUT2D eigenvalue weighted by Crippen LogP contribution is -3.00. The normalized spacial score (nSPS) is 11.3. The molecule has 0 heterocycles. The topological polar surface area (TPSA) is 43.5 Å². The van der Waals surface area contributed by atoms with Crippen LogP contribution in [-0.4, -0.2) is 35.5 Å². The summed E-state index contributed by atoms with van der Waals surface area (Å²) in [6, 6.07) is 11.2. The molecule has 0 aliphatic carbocycles. The summed E-state index contributed by atoms with van der Waals surface area (Å²) in [6.45, 7) is 10.2. The fraction of sp³-hybridized carbons (Fsp3) is 0.556. The van der Waals surface area contributed by atoms with Crippen LogP contribution in [-0.2, 0) is 16.0 Å². The maximum atomic E-state index is 11.8. The van der Waals surface area contributed by atoms with Crippen molar-refractivity contribution >= 4 is 11.9 Å². The minimum absolute atomic E-state index is 0. The maximum Gasteiger partial charge on any atom is 0.452 e. The van der Waals surface area contributed by atoms with Crippen molar-refractivity contribution < 1.29 is 26.9 Å². The molecule has 1 N–H and O–H groups in total. The fourth-order valence-electron chi connectivity index (χ4n) is 2.26. The Morgan fingerprint density at radius 1 is 1.17 bits per heavy atom. The molecule has 0 aromatic heterocycles. The minimum atomic E-state index is -0.0128. The monoisotopic (exact) mass is 340 g/mol. The zero-order valence-electron chi connectivity index (χ0n) is 14.8. The summed E-state index contributed by atoms with van der Waals surface area (Å²) < 4.78 is 5.87.